The Morgan fingerprint density at radius 3 is 2.38 bits per heavy atom. The molecule has 16 heavy (non-hydrogen) atoms. The third kappa shape index (κ3) is 3.00. The van der Waals surface area contributed by atoms with E-state index in [-0.39, 0.29) is 0 Å². The van der Waals surface area contributed by atoms with Crippen LogP contribution in [-0.4, -0.2) is 14.9 Å². The summed E-state index contributed by atoms with van der Waals surface area (Å²) in [5.74, 6) is 0.402. The van der Waals surface area contributed by atoms with Crippen molar-refractivity contribution < 1.29 is 5.11 Å². The highest BCUT2D eigenvalue weighted by atomic mass is 16.3. The lowest BCUT2D eigenvalue weighted by Crippen LogP contribution is -1.99. The molecule has 0 fully saturated rings. The van der Waals surface area contributed by atoms with E-state index in [1.165, 1.54) is 0 Å². The van der Waals surface area contributed by atoms with Crippen LogP contribution < -0.4 is 0 Å². The van der Waals surface area contributed by atoms with E-state index >= 15 is 0 Å². The van der Waals surface area contributed by atoms with Crippen molar-refractivity contribution in [3.8, 4) is 5.88 Å². The van der Waals surface area contributed by atoms with E-state index < -0.39 is 0 Å². The van der Waals surface area contributed by atoms with Gasteiger partial charge >= 0.3 is 0 Å². The highest BCUT2D eigenvalue weighted by molar-refractivity contribution is 5.30. The minimum Gasteiger partial charge on any atom is -0.493 e. The standard InChI is InChI=1S/C13H24N2O/c1-4-7-9-11-12(6-3)14-15(13(11)16)10-8-5-2/h16H,4-10H2,1-3H3. The van der Waals surface area contributed by atoms with Gasteiger partial charge in [0.15, 0.2) is 0 Å². The Balaban J connectivity index is 2.82. The summed E-state index contributed by atoms with van der Waals surface area (Å²) >= 11 is 0. The van der Waals surface area contributed by atoms with Crippen LogP contribution in [0.15, 0.2) is 0 Å². The minimum atomic E-state index is 0.402. The van der Waals surface area contributed by atoms with Gasteiger partial charge in [-0.3, -0.25) is 0 Å². The van der Waals surface area contributed by atoms with Gasteiger partial charge in [0, 0.05) is 12.1 Å². The lowest BCUT2D eigenvalue weighted by atomic mass is 10.1. The van der Waals surface area contributed by atoms with Crippen LogP contribution in [0.4, 0.5) is 0 Å². The Hall–Kier alpha value is -0.990. The lowest BCUT2D eigenvalue weighted by Gasteiger charge is -2.02. The molecule has 0 aromatic carbocycles. The smallest absolute Gasteiger partial charge is 0.212 e. The monoisotopic (exact) mass is 224 g/mol. The summed E-state index contributed by atoms with van der Waals surface area (Å²) in [5, 5.41) is 14.6. The molecule has 0 amide bonds. The predicted octanol–water partition coefficient (Wildman–Crippen LogP) is 3.29. The van der Waals surface area contributed by atoms with Crippen LogP contribution in [0.25, 0.3) is 0 Å². The zero-order valence-electron chi connectivity index (χ0n) is 10.8. The Morgan fingerprint density at radius 1 is 1.12 bits per heavy atom. The topological polar surface area (TPSA) is 38.0 Å². The number of unbranched alkanes of at least 4 members (excludes halogenated alkanes) is 2. The summed E-state index contributed by atoms with van der Waals surface area (Å²) in [6.45, 7) is 7.26. The highest BCUT2D eigenvalue weighted by Crippen LogP contribution is 2.24. The molecule has 0 aliphatic carbocycles. The van der Waals surface area contributed by atoms with Crippen LogP contribution in [0.3, 0.4) is 0 Å². The maximum atomic E-state index is 10.1. The van der Waals surface area contributed by atoms with Gasteiger partial charge in [0.25, 0.3) is 0 Å². The Bertz CT molecular complexity index is 318. The molecule has 0 bridgehead atoms. The molecule has 0 radical (unpaired) electrons. The second kappa shape index (κ2) is 6.56. The molecule has 3 heteroatoms. The Morgan fingerprint density at radius 2 is 1.81 bits per heavy atom. The molecule has 92 valence electrons. The normalized spacial score (nSPS) is 10.9. The van der Waals surface area contributed by atoms with Crippen molar-refractivity contribution in [1.29, 1.82) is 0 Å². The zero-order chi connectivity index (χ0) is 12.0. The number of aryl methyl sites for hydroxylation is 2. The van der Waals surface area contributed by atoms with Crippen LogP contribution in [0, 0.1) is 0 Å². The second-order valence-corrected chi connectivity index (χ2v) is 4.28. The van der Waals surface area contributed by atoms with E-state index in [1.54, 1.807) is 4.68 Å². The fraction of sp³-hybridized carbons (Fsp3) is 0.769. The average molecular weight is 224 g/mol. The first-order valence-electron chi connectivity index (χ1n) is 6.52. The van der Waals surface area contributed by atoms with Crippen LogP contribution in [0.1, 0.15) is 57.7 Å². The molecule has 0 saturated carbocycles. The molecule has 1 aromatic rings. The van der Waals surface area contributed by atoms with Crippen LogP contribution in [-0.2, 0) is 19.4 Å². The van der Waals surface area contributed by atoms with E-state index in [0.717, 1.165) is 56.3 Å². The summed E-state index contributed by atoms with van der Waals surface area (Å²) in [6.07, 6.45) is 6.35. The van der Waals surface area contributed by atoms with Gasteiger partial charge in [-0.15, -0.1) is 0 Å². The van der Waals surface area contributed by atoms with E-state index in [9.17, 15) is 5.11 Å². The van der Waals surface area contributed by atoms with Gasteiger partial charge in [-0.25, -0.2) is 4.68 Å². The quantitative estimate of drug-likeness (QED) is 0.771. The molecular formula is C13H24N2O. The summed E-state index contributed by atoms with van der Waals surface area (Å²) < 4.78 is 1.77. The maximum absolute atomic E-state index is 10.1. The van der Waals surface area contributed by atoms with Gasteiger partial charge in [-0.05, 0) is 25.7 Å². The fourth-order valence-corrected chi connectivity index (χ4v) is 1.90. The molecule has 0 aliphatic heterocycles. The van der Waals surface area contributed by atoms with Gasteiger partial charge < -0.3 is 5.11 Å². The molecule has 0 aliphatic rings. The highest BCUT2D eigenvalue weighted by Gasteiger charge is 2.14. The van der Waals surface area contributed by atoms with Gasteiger partial charge in [0.1, 0.15) is 0 Å². The van der Waals surface area contributed by atoms with Crippen molar-refractivity contribution in [1.82, 2.24) is 9.78 Å². The van der Waals surface area contributed by atoms with Gasteiger partial charge in [0.2, 0.25) is 5.88 Å². The molecule has 0 atom stereocenters. The minimum absolute atomic E-state index is 0.402. The predicted molar refractivity (Wildman–Crippen MR) is 66.8 cm³/mol. The first-order valence-corrected chi connectivity index (χ1v) is 6.52. The van der Waals surface area contributed by atoms with E-state index in [2.05, 4.69) is 25.9 Å². The third-order valence-electron chi connectivity index (χ3n) is 2.94. The average Bonchev–Trinajstić information content (AvgIpc) is 2.60. The molecule has 3 nitrogen and oxygen atoms in total. The maximum Gasteiger partial charge on any atom is 0.212 e. The third-order valence-corrected chi connectivity index (χ3v) is 2.94. The number of aromatic nitrogens is 2. The molecule has 1 rings (SSSR count). The van der Waals surface area contributed by atoms with E-state index in [0.29, 0.717) is 5.88 Å². The largest absolute Gasteiger partial charge is 0.493 e. The Labute approximate surface area is 98.5 Å². The van der Waals surface area contributed by atoms with Crippen molar-refractivity contribution in [2.24, 2.45) is 0 Å². The van der Waals surface area contributed by atoms with Gasteiger partial charge in [0.05, 0.1) is 5.69 Å². The number of hydrogen-bond acceptors (Lipinski definition) is 2. The van der Waals surface area contributed by atoms with Crippen molar-refractivity contribution in [2.75, 3.05) is 0 Å². The number of nitrogens with zero attached hydrogens (tertiary/aromatic N) is 2. The molecule has 1 N–H and O–H groups in total. The summed E-state index contributed by atoms with van der Waals surface area (Å²) in [4.78, 5) is 0. The van der Waals surface area contributed by atoms with Crippen molar-refractivity contribution in [2.45, 2.75) is 65.8 Å². The SMILES string of the molecule is CCCCc1c(CC)nn(CCCC)c1O. The first kappa shape index (κ1) is 13.1. The van der Waals surface area contributed by atoms with Gasteiger partial charge in [-0.1, -0.05) is 33.6 Å². The molecule has 1 aromatic heterocycles. The van der Waals surface area contributed by atoms with Crippen molar-refractivity contribution in [3.05, 3.63) is 11.3 Å². The van der Waals surface area contributed by atoms with Crippen LogP contribution in [0.5, 0.6) is 5.88 Å². The first-order chi connectivity index (χ1) is 7.74. The van der Waals surface area contributed by atoms with E-state index in [1.807, 2.05) is 0 Å². The number of hydrogen-bond donors (Lipinski definition) is 1. The second-order valence-electron chi connectivity index (χ2n) is 4.28. The summed E-state index contributed by atoms with van der Waals surface area (Å²) in [7, 11) is 0. The van der Waals surface area contributed by atoms with E-state index in [4.69, 9.17) is 0 Å². The molecule has 0 saturated heterocycles. The summed E-state index contributed by atoms with van der Waals surface area (Å²) in [6, 6.07) is 0. The van der Waals surface area contributed by atoms with Gasteiger partial charge in [-0.2, -0.15) is 5.10 Å². The number of aromatic hydroxyl groups is 1. The lowest BCUT2D eigenvalue weighted by molar-refractivity contribution is 0.388. The van der Waals surface area contributed by atoms with Crippen LogP contribution in [0.2, 0.25) is 0 Å². The molecule has 0 spiro atoms. The van der Waals surface area contributed by atoms with Crippen molar-refractivity contribution in [3.63, 3.8) is 0 Å². The summed E-state index contributed by atoms with van der Waals surface area (Å²) in [5.41, 5.74) is 2.14. The zero-order valence-corrected chi connectivity index (χ0v) is 10.8. The molecule has 0 unspecified atom stereocenters. The Kier molecular flexibility index (Phi) is 5.36. The molecule has 1 heterocycles. The van der Waals surface area contributed by atoms with Crippen LogP contribution >= 0.6 is 0 Å². The van der Waals surface area contributed by atoms with Crippen molar-refractivity contribution >= 4 is 0 Å². The fourth-order valence-electron chi connectivity index (χ4n) is 1.90. The number of rotatable bonds is 7. The molecular weight excluding hydrogens is 200 g/mol.